The van der Waals surface area contributed by atoms with Gasteiger partial charge in [-0.2, -0.15) is 0 Å². The van der Waals surface area contributed by atoms with Crippen LogP contribution in [0.2, 0.25) is 0 Å². The van der Waals surface area contributed by atoms with Gasteiger partial charge in [0.05, 0.1) is 9.75 Å². The van der Waals surface area contributed by atoms with Crippen LogP contribution in [0.5, 0.6) is 5.75 Å². The maximum absolute atomic E-state index is 14.0. The zero-order valence-electron chi connectivity index (χ0n) is 54.9. The number of halogens is 2. The second-order valence-corrected chi connectivity index (χ2v) is 29.2. The molecule has 0 spiro atoms. The molecule has 0 saturated carbocycles. The molecule has 0 aliphatic carbocycles. The van der Waals surface area contributed by atoms with Gasteiger partial charge in [0.1, 0.15) is 29.1 Å². The molecule has 484 valence electrons. The second-order valence-electron chi connectivity index (χ2n) is 27.0. The summed E-state index contributed by atoms with van der Waals surface area (Å²) in [4.78, 5) is 100. The lowest BCUT2D eigenvalue weighted by atomic mass is 9.92. The molecule has 0 radical (unpaired) electrons. The van der Waals surface area contributed by atoms with Crippen LogP contribution >= 0.6 is 22.7 Å². The Morgan fingerprint density at radius 1 is 0.478 bits per heavy atom. The van der Waals surface area contributed by atoms with E-state index in [0.29, 0.717) is 49.2 Å². The zero-order chi connectivity index (χ0) is 67.6. The van der Waals surface area contributed by atoms with Crippen LogP contribution in [-0.2, 0) is 52.3 Å². The highest BCUT2D eigenvalue weighted by atomic mass is 32.1. The third-order valence-corrected chi connectivity index (χ3v) is 17.7. The van der Waals surface area contributed by atoms with Crippen LogP contribution < -0.4 is 10.6 Å². The number of rotatable bonds is 20. The quantitative estimate of drug-likeness (QED) is 0.0479. The van der Waals surface area contributed by atoms with E-state index >= 15 is 0 Å². The van der Waals surface area contributed by atoms with Crippen LogP contribution in [-0.4, -0.2) is 83.6 Å². The molecule has 4 aromatic heterocycles. The third-order valence-electron chi connectivity index (χ3n) is 14.6. The van der Waals surface area contributed by atoms with Crippen molar-refractivity contribution in [1.29, 1.82) is 0 Å². The number of benzene rings is 4. The summed E-state index contributed by atoms with van der Waals surface area (Å²) in [5, 5.41) is 15.0. The SMILES string of the molecule is C[C@@H](NC(=O)[C@@H](CC(=O)c1ccc(C(C)(C)C)s1)Cc1ccc(-c2ncc(-c3ccc(O)c(F)c3)cn2)cc1)C(=O)OC(C)(C)C.Cc1ccc(-c2cnc(-c3ccc(C[C@H](CC(=O)c4ccc(C(C)(C)C)s4)C(=O)N[C@H](C)C(=O)OC(C)(C)C)cc3)nc2)cc1F. The Morgan fingerprint density at radius 2 is 0.826 bits per heavy atom. The number of carbonyl (C=O) groups excluding carboxylic acids is 6. The molecule has 0 bridgehead atoms. The number of aromatic nitrogens is 4. The number of aryl methyl sites for hydroxylation is 1. The number of phenolic OH excluding ortho intramolecular Hbond substituents is 1. The fraction of sp³-hybridized carbons (Fsp3) is 0.370. The van der Waals surface area contributed by atoms with Crippen LogP contribution in [0.3, 0.4) is 0 Å². The average Bonchev–Trinajstić information content (AvgIpc) is 3.02. The van der Waals surface area contributed by atoms with Crippen molar-refractivity contribution in [2.24, 2.45) is 11.8 Å². The van der Waals surface area contributed by atoms with Gasteiger partial charge in [-0.3, -0.25) is 19.2 Å². The van der Waals surface area contributed by atoms with Crippen molar-refractivity contribution in [2.75, 3.05) is 0 Å². The first-order valence-electron chi connectivity index (χ1n) is 30.4. The van der Waals surface area contributed by atoms with Gasteiger partial charge >= 0.3 is 11.9 Å². The minimum Gasteiger partial charge on any atom is -0.505 e. The van der Waals surface area contributed by atoms with Crippen molar-refractivity contribution in [2.45, 2.75) is 164 Å². The van der Waals surface area contributed by atoms with Crippen LogP contribution in [0.25, 0.3) is 45.0 Å². The largest absolute Gasteiger partial charge is 0.505 e. The van der Waals surface area contributed by atoms with Crippen LogP contribution in [0.1, 0.15) is 156 Å². The number of ether oxygens (including phenoxy) is 2. The molecule has 4 aromatic carbocycles. The Balaban J connectivity index is 0.000000261. The molecule has 3 N–H and O–H groups in total. The zero-order valence-corrected chi connectivity index (χ0v) is 56.5. The molecule has 4 heterocycles. The number of phenols is 1. The molecule has 0 saturated heterocycles. The fourth-order valence-corrected chi connectivity index (χ4v) is 11.4. The molecule has 0 aliphatic heterocycles. The van der Waals surface area contributed by atoms with Crippen molar-refractivity contribution in [3.8, 4) is 50.8 Å². The molecular formula is C73H82F2N6O9S2. The van der Waals surface area contributed by atoms with Crippen molar-refractivity contribution in [3.63, 3.8) is 0 Å². The fourth-order valence-electron chi connectivity index (χ4n) is 9.37. The van der Waals surface area contributed by atoms with E-state index in [9.17, 15) is 42.7 Å². The summed E-state index contributed by atoms with van der Waals surface area (Å²) in [6.45, 7) is 28.0. The van der Waals surface area contributed by atoms with Gasteiger partial charge in [0.15, 0.2) is 34.8 Å². The van der Waals surface area contributed by atoms with Gasteiger partial charge in [0.2, 0.25) is 11.8 Å². The molecule has 0 fully saturated rings. The Hall–Kier alpha value is -8.68. The lowest BCUT2D eigenvalue weighted by Crippen LogP contribution is -2.45. The molecule has 8 rings (SSSR count). The minimum atomic E-state index is -0.890. The van der Waals surface area contributed by atoms with E-state index in [0.717, 1.165) is 32.0 Å². The van der Waals surface area contributed by atoms with E-state index in [4.69, 9.17) is 9.47 Å². The third kappa shape index (κ3) is 20.2. The van der Waals surface area contributed by atoms with Crippen molar-refractivity contribution in [3.05, 3.63) is 182 Å². The Morgan fingerprint density at radius 3 is 1.15 bits per heavy atom. The van der Waals surface area contributed by atoms with E-state index in [2.05, 4.69) is 72.1 Å². The normalized spacial score (nSPS) is 13.1. The molecule has 2 amide bonds. The summed E-state index contributed by atoms with van der Waals surface area (Å²) < 4.78 is 38.7. The number of hydrogen-bond acceptors (Lipinski definition) is 15. The van der Waals surface area contributed by atoms with Gasteiger partial charge in [-0.1, -0.05) is 108 Å². The standard InChI is InChI=1S/C37H42FN3O4S.C36H40FN3O5S/c1-22-9-12-26(18-29(22)38)28-20-39-33(40-21-28)25-13-10-24(11-14-25)17-27(34(43)41-23(2)35(44)45-37(6,7)8)19-30(42)31-15-16-32(46-31)36(3,4)5;1-21(34(44)45-36(5,6)7)40-33(43)25(18-29(42)30-14-15-31(46-30)35(2,3)4)16-22-8-10-23(11-9-22)32-38-19-26(20-39-32)24-12-13-28(41)27(37)17-24/h9-16,18,20-21,23,27H,17,19H2,1-8H3,(H,41,43);8-15,17,19-21,25,41H,16,18H2,1-7H3,(H,40,43)/t23-,27-;21-,25-/m11/s1. The van der Waals surface area contributed by atoms with Gasteiger partial charge in [0, 0.05) is 81.5 Å². The number of esters is 2. The van der Waals surface area contributed by atoms with E-state index in [1.54, 1.807) is 99.2 Å². The number of nitrogens with one attached hydrogen (secondary N) is 2. The molecule has 8 aromatic rings. The second kappa shape index (κ2) is 29.7. The maximum Gasteiger partial charge on any atom is 0.328 e. The van der Waals surface area contributed by atoms with Gasteiger partial charge in [0.25, 0.3) is 0 Å². The Labute approximate surface area is 545 Å². The number of amides is 2. The van der Waals surface area contributed by atoms with E-state index in [1.165, 1.54) is 40.9 Å². The van der Waals surface area contributed by atoms with Crippen molar-refractivity contribution >= 4 is 58.0 Å². The van der Waals surface area contributed by atoms with Gasteiger partial charge in [-0.25, -0.2) is 38.3 Å². The summed E-state index contributed by atoms with van der Waals surface area (Å²) in [6.07, 6.45) is 6.99. The Kier molecular flexibility index (Phi) is 22.9. The van der Waals surface area contributed by atoms with E-state index in [-0.39, 0.29) is 53.9 Å². The first-order chi connectivity index (χ1) is 43.0. The number of nitrogens with zero attached hydrogens (tertiary/aromatic N) is 4. The van der Waals surface area contributed by atoms with Crippen LogP contribution in [0.15, 0.2) is 134 Å². The lowest BCUT2D eigenvalue weighted by molar-refractivity contribution is -0.159. The van der Waals surface area contributed by atoms with E-state index in [1.807, 2.05) is 78.9 Å². The monoisotopic (exact) mass is 1290 g/mol. The summed E-state index contributed by atoms with van der Waals surface area (Å²) >= 11 is 2.88. The molecule has 0 aliphatic rings. The summed E-state index contributed by atoms with van der Waals surface area (Å²) in [5.74, 6) is -4.07. The van der Waals surface area contributed by atoms with Crippen molar-refractivity contribution in [1.82, 2.24) is 30.6 Å². The first kappa shape index (κ1) is 70.8. The lowest BCUT2D eigenvalue weighted by Gasteiger charge is -2.24. The number of aromatic hydroxyl groups is 1. The molecule has 0 unspecified atom stereocenters. The molecule has 4 atom stereocenters. The number of hydrogen-bond donors (Lipinski definition) is 3. The highest BCUT2D eigenvalue weighted by Gasteiger charge is 2.32. The number of carbonyl (C=O) groups is 6. The van der Waals surface area contributed by atoms with Crippen molar-refractivity contribution < 1.29 is 52.1 Å². The maximum atomic E-state index is 14.0. The van der Waals surface area contributed by atoms with Gasteiger partial charge in [-0.05, 0) is 156 Å². The summed E-state index contributed by atoms with van der Waals surface area (Å²) in [6, 6.07) is 29.7. The number of thiophene rings is 2. The highest BCUT2D eigenvalue weighted by molar-refractivity contribution is 7.14. The molecular weight excluding hydrogens is 1210 g/mol. The molecule has 19 heteroatoms. The topological polar surface area (TPSA) is 217 Å². The van der Waals surface area contributed by atoms with E-state index < -0.39 is 70.4 Å². The molecule has 15 nitrogen and oxygen atoms in total. The minimum absolute atomic E-state index is 0.0110. The van der Waals surface area contributed by atoms with Gasteiger partial charge < -0.3 is 25.2 Å². The van der Waals surface area contributed by atoms with Crippen LogP contribution in [0.4, 0.5) is 8.78 Å². The number of Topliss-reactive ketones (excluding diaryl/α,β-unsaturated/α-hetero) is 2. The smallest absolute Gasteiger partial charge is 0.328 e. The Bertz CT molecular complexity index is 3660. The summed E-state index contributed by atoms with van der Waals surface area (Å²) in [5.41, 5.74) is 4.69. The average molecular weight is 1290 g/mol. The predicted molar refractivity (Wildman–Crippen MR) is 357 cm³/mol. The first-order valence-corrected chi connectivity index (χ1v) is 32.0. The van der Waals surface area contributed by atoms with Gasteiger partial charge in [-0.15, -0.1) is 22.7 Å². The molecule has 92 heavy (non-hydrogen) atoms. The highest BCUT2D eigenvalue weighted by Crippen LogP contribution is 2.34. The predicted octanol–water partition coefficient (Wildman–Crippen LogP) is 15.2. The van der Waals surface area contributed by atoms with Crippen LogP contribution in [0, 0.1) is 30.4 Å². The summed E-state index contributed by atoms with van der Waals surface area (Å²) in [7, 11) is 0. The number of ketones is 2.